The van der Waals surface area contributed by atoms with Gasteiger partial charge in [0.25, 0.3) is 5.91 Å². The van der Waals surface area contributed by atoms with E-state index in [9.17, 15) is 9.59 Å². The molecule has 1 N–H and O–H groups in total. The van der Waals surface area contributed by atoms with Gasteiger partial charge in [0.15, 0.2) is 12.2 Å². The fraction of sp³-hybridized carbons (Fsp3) is 0.857. The van der Waals surface area contributed by atoms with Gasteiger partial charge in [0.1, 0.15) is 0 Å². The SMILES string of the molecule is CC(OC(=O)C(C)OCC1CCCO1)C(=O)NC1CC1. The standard InChI is InChI=1S/C14H23NO5/c1-9(13(16)15-11-5-6-11)20-14(17)10(2)19-8-12-4-3-7-18-12/h9-12H,3-8H2,1-2H3,(H,15,16). The van der Waals surface area contributed by atoms with Gasteiger partial charge in [0.05, 0.1) is 12.7 Å². The number of rotatable bonds is 7. The number of ether oxygens (including phenoxy) is 3. The second-order valence-corrected chi connectivity index (χ2v) is 5.47. The first kappa shape index (κ1) is 15.3. The van der Waals surface area contributed by atoms with Crippen LogP contribution in [0.3, 0.4) is 0 Å². The van der Waals surface area contributed by atoms with Crippen molar-refractivity contribution in [3.8, 4) is 0 Å². The molecule has 1 saturated heterocycles. The van der Waals surface area contributed by atoms with Crippen molar-refractivity contribution in [2.45, 2.75) is 63.9 Å². The molecule has 2 rings (SSSR count). The van der Waals surface area contributed by atoms with Crippen LogP contribution in [0.5, 0.6) is 0 Å². The minimum Gasteiger partial charge on any atom is -0.451 e. The molecule has 1 heterocycles. The molecule has 6 nitrogen and oxygen atoms in total. The van der Waals surface area contributed by atoms with Crippen molar-refractivity contribution in [2.24, 2.45) is 0 Å². The first-order chi connectivity index (χ1) is 9.56. The molecule has 2 aliphatic rings. The predicted molar refractivity (Wildman–Crippen MR) is 71.1 cm³/mol. The Balaban J connectivity index is 1.65. The summed E-state index contributed by atoms with van der Waals surface area (Å²) in [7, 11) is 0. The van der Waals surface area contributed by atoms with Gasteiger partial charge < -0.3 is 19.5 Å². The van der Waals surface area contributed by atoms with E-state index >= 15 is 0 Å². The molecule has 0 aromatic rings. The summed E-state index contributed by atoms with van der Waals surface area (Å²) in [5.74, 6) is -0.756. The number of hydrogen-bond acceptors (Lipinski definition) is 5. The average molecular weight is 285 g/mol. The molecule has 0 bridgehead atoms. The van der Waals surface area contributed by atoms with E-state index in [1.165, 1.54) is 0 Å². The zero-order valence-corrected chi connectivity index (χ0v) is 12.1. The van der Waals surface area contributed by atoms with Crippen LogP contribution in [0.2, 0.25) is 0 Å². The van der Waals surface area contributed by atoms with E-state index in [2.05, 4.69) is 5.32 Å². The molecule has 0 aromatic heterocycles. The Morgan fingerprint density at radius 2 is 2.00 bits per heavy atom. The van der Waals surface area contributed by atoms with E-state index < -0.39 is 18.2 Å². The number of amides is 1. The third-order valence-corrected chi connectivity index (χ3v) is 3.47. The third-order valence-electron chi connectivity index (χ3n) is 3.47. The van der Waals surface area contributed by atoms with Crippen molar-refractivity contribution >= 4 is 11.9 Å². The normalized spacial score (nSPS) is 25.0. The van der Waals surface area contributed by atoms with Crippen LogP contribution >= 0.6 is 0 Å². The van der Waals surface area contributed by atoms with Crippen LogP contribution in [0, 0.1) is 0 Å². The van der Waals surface area contributed by atoms with Gasteiger partial charge in [-0.05, 0) is 39.5 Å². The lowest BCUT2D eigenvalue weighted by molar-refractivity contribution is -0.166. The highest BCUT2D eigenvalue weighted by Gasteiger charge is 2.28. The van der Waals surface area contributed by atoms with E-state index in [-0.39, 0.29) is 18.1 Å². The van der Waals surface area contributed by atoms with Gasteiger partial charge in [-0.25, -0.2) is 4.79 Å². The largest absolute Gasteiger partial charge is 0.451 e. The number of esters is 1. The summed E-state index contributed by atoms with van der Waals surface area (Å²) < 4.78 is 15.9. The molecule has 1 aliphatic heterocycles. The van der Waals surface area contributed by atoms with Crippen molar-refractivity contribution in [1.29, 1.82) is 0 Å². The maximum atomic E-state index is 11.8. The van der Waals surface area contributed by atoms with E-state index in [4.69, 9.17) is 14.2 Å². The Kier molecular flexibility index (Phi) is 5.37. The molecular weight excluding hydrogens is 262 g/mol. The summed E-state index contributed by atoms with van der Waals surface area (Å²) in [6, 6.07) is 0.261. The van der Waals surface area contributed by atoms with Crippen LogP contribution in [0.15, 0.2) is 0 Å². The number of carbonyl (C=O) groups is 2. The summed E-state index contributed by atoms with van der Waals surface area (Å²) in [6.07, 6.45) is 2.61. The molecule has 2 fully saturated rings. The lowest BCUT2D eigenvalue weighted by Gasteiger charge is -2.18. The van der Waals surface area contributed by atoms with Crippen molar-refractivity contribution in [1.82, 2.24) is 5.32 Å². The molecule has 1 saturated carbocycles. The summed E-state index contributed by atoms with van der Waals surface area (Å²) in [4.78, 5) is 23.5. The molecule has 3 atom stereocenters. The van der Waals surface area contributed by atoms with E-state index in [0.29, 0.717) is 6.61 Å². The minimum atomic E-state index is -0.781. The zero-order chi connectivity index (χ0) is 14.5. The topological polar surface area (TPSA) is 73.9 Å². The number of nitrogens with one attached hydrogen (secondary N) is 1. The Bertz CT molecular complexity index is 349. The summed E-state index contributed by atoms with van der Waals surface area (Å²) in [5.41, 5.74) is 0. The van der Waals surface area contributed by atoms with Gasteiger partial charge in [-0.15, -0.1) is 0 Å². The predicted octanol–water partition coefficient (Wildman–Crippen LogP) is 0.781. The van der Waals surface area contributed by atoms with Crippen LogP contribution in [-0.4, -0.2) is 49.4 Å². The fourth-order valence-corrected chi connectivity index (χ4v) is 1.97. The Labute approximate surface area is 119 Å². The fourth-order valence-electron chi connectivity index (χ4n) is 1.97. The highest BCUT2D eigenvalue weighted by molar-refractivity contribution is 5.84. The maximum absolute atomic E-state index is 11.8. The molecule has 0 spiro atoms. The van der Waals surface area contributed by atoms with Crippen LogP contribution < -0.4 is 5.32 Å². The molecule has 0 radical (unpaired) electrons. The van der Waals surface area contributed by atoms with Crippen molar-refractivity contribution in [3.63, 3.8) is 0 Å². The third kappa shape index (κ3) is 4.76. The second-order valence-electron chi connectivity index (χ2n) is 5.47. The monoisotopic (exact) mass is 285 g/mol. The van der Waals surface area contributed by atoms with E-state index in [1.54, 1.807) is 13.8 Å². The van der Waals surface area contributed by atoms with Gasteiger partial charge in [-0.1, -0.05) is 0 Å². The summed E-state index contributed by atoms with van der Waals surface area (Å²) in [6.45, 7) is 4.34. The summed E-state index contributed by atoms with van der Waals surface area (Å²) in [5, 5.41) is 2.80. The van der Waals surface area contributed by atoms with Gasteiger partial charge in [-0.2, -0.15) is 0 Å². The molecular formula is C14H23NO5. The van der Waals surface area contributed by atoms with Gasteiger partial charge in [-0.3, -0.25) is 4.79 Å². The Morgan fingerprint density at radius 1 is 1.25 bits per heavy atom. The van der Waals surface area contributed by atoms with E-state index in [0.717, 1.165) is 32.3 Å². The lowest BCUT2D eigenvalue weighted by Crippen LogP contribution is -2.39. The van der Waals surface area contributed by atoms with Crippen molar-refractivity contribution in [3.05, 3.63) is 0 Å². The zero-order valence-electron chi connectivity index (χ0n) is 12.1. The van der Waals surface area contributed by atoms with Gasteiger partial charge in [0, 0.05) is 12.6 Å². The van der Waals surface area contributed by atoms with Gasteiger partial charge in [0.2, 0.25) is 0 Å². The number of carbonyl (C=O) groups excluding carboxylic acids is 2. The van der Waals surface area contributed by atoms with Gasteiger partial charge >= 0.3 is 5.97 Å². The Hall–Kier alpha value is -1.14. The Morgan fingerprint density at radius 3 is 2.60 bits per heavy atom. The molecule has 3 unspecified atom stereocenters. The van der Waals surface area contributed by atoms with Crippen molar-refractivity contribution in [2.75, 3.05) is 13.2 Å². The number of hydrogen-bond donors (Lipinski definition) is 1. The highest BCUT2D eigenvalue weighted by Crippen LogP contribution is 2.19. The quantitative estimate of drug-likeness (QED) is 0.700. The molecule has 6 heteroatoms. The second kappa shape index (κ2) is 7.04. The van der Waals surface area contributed by atoms with Crippen LogP contribution in [-0.2, 0) is 23.8 Å². The smallest absolute Gasteiger partial charge is 0.335 e. The first-order valence-electron chi connectivity index (χ1n) is 7.30. The molecule has 20 heavy (non-hydrogen) atoms. The van der Waals surface area contributed by atoms with E-state index in [1.807, 2.05) is 0 Å². The molecule has 1 amide bonds. The molecule has 1 aliphatic carbocycles. The average Bonchev–Trinajstić information content (AvgIpc) is 3.07. The highest BCUT2D eigenvalue weighted by atomic mass is 16.6. The molecule has 114 valence electrons. The summed E-state index contributed by atoms with van der Waals surface area (Å²) >= 11 is 0. The minimum absolute atomic E-state index is 0.0702. The van der Waals surface area contributed by atoms with Crippen LogP contribution in [0.4, 0.5) is 0 Å². The molecule has 0 aromatic carbocycles. The van der Waals surface area contributed by atoms with Crippen molar-refractivity contribution < 1.29 is 23.8 Å². The maximum Gasteiger partial charge on any atom is 0.335 e. The van der Waals surface area contributed by atoms with Crippen LogP contribution in [0.25, 0.3) is 0 Å². The van der Waals surface area contributed by atoms with Crippen LogP contribution in [0.1, 0.15) is 39.5 Å². The lowest BCUT2D eigenvalue weighted by atomic mass is 10.2. The first-order valence-corrected chi connectivity index (χ1v) is 7.30.